The van der Waals surface area contributed by atoms with Crippen molar-refractivity contribution >= 4 is 6.03 Å². The van der Waals surface area contributed by atoms with E-state index in [2.05, 4.69) is 6.92 Å². The second-order valence-electron chi connectivity index (χ2n) is 4.37. The third kappa shape index (κ3) is 4.76. The third-order valence-corrected chi connectivity index (χ3v) is 2.06. The number of rotatable bonds is 4. The first-order valence-electron chi connectivity index (χ1n) is 4.96. The first-order valence-corrected chi connectivity index (χ1v) is 4.96. The third-order valence-electron chi connectivity index (χ3n) is 2.06. The maximum atomic E-state index is 11.1. The predicted molar refractivity (Wildman–Crippen MR) is 55.6 cm³/mol. The van der Waals surface area contributed by atoms with Crippen LogP contribution in [0, 0.1) is 0 Å². The van der Waals surface area contributed by atoms with Gasteiger partial charge >= 0.3 is 6.03 Å². The molecule has 0 saturated heterocycles. The number of carbonyl (C=O) groups excluding carboxylic acids is 1. The Kier molecular flexibility index (Phi) is 4.81. The summed E-state index contributed by atoms with van der Waals surface area (Å²) in [6.45, 7) is 8.93. The monoisotopic (exact) mass is 186 g/mol. The van der Waals surface area contributed by atoms with E-state index in [0.29, 0.717) is 0 Å². The number of carbonyl (C=O) groups is 1. The highest BCUT2D eigenvalue weighted by molar-refractivity contribution is 5.72. The summed E-state index contributed by atoms with van der Waals surface area (Å²) < 4.78 is 0. The van der Waals surface area contributed by atoms with Crippen LogP contribution in [0.3, 0.4) is 0 Å². The lowest BCUT2D eigenvalue weighted by atomic mass is 10.1. The smallest absolute Gasteiger partial charge is 0.315 e. The summed E-state index contributed by atoms with van der Waals surface area (Å²) in [6, 6.07) is -0.316. The molecule has 0 bridgehead atoms. The fourth-order valence-corrected chi connectivity index (χ4v) is 1.30. The molecule has 0 saturated carbocycles. The van der Waals surface area contributed by atoms with Crippen molar-refractivity contribution in [1.82, 2.24) is 4.90 Å². The Labute approximate surface area is 81.3 Å². The molecule has 0 spiro atoms. The van der Waals surface area contributed by atoms with E-state index in [9.17, 15) is 4.79 Å². The van der Waals surface area contributed by atoms with E-state index >= 15 is 0 Å². The predicted octanol–water partition coefficient (Wildman–Crippen LogP) is 2.36. The molecule has 0 atom stereocenters. The van der Waals surface area contributed by atoms with Gasteiger partial charge in [-0.2, -0.15) is 0 Å². The second kappa shape index (κ2) is 5.10. The molecule has 0 aromatic rings. The van der Waals surface area contributed by atoms with Crippen LogP contribution in [-0.2, 0) is 0 Å². The van der Waals surface area contributed by atoms with Crippen LogP contribution in [0.25, 0.3) is 0 Å². The molecule has 0 aliphatic carbocycles. The van der Waals surface area contributed by atoms with Gasteiger partial charge in [0.15, 0.2) is 0 Å². The molecular weight excluding hydrogens is 164 g/mol. The standard InChI is InChI=1S/C10H22N2O/c1-5-6-7-8-12(9(11)13)10(2,3)4/h5-8H2,1-4H3,(H2,11,13). The molecule has 2 N–H and O–H groups in total. The number of primary amides is 1. The van der Waals surface area contributed by atoms with Crippen LogP contribution in [-0.4, -0.2) is 23.0 Å². The summed E-state index contributed by atoms with van der Waals surface area (Å²) in [7, 11) is 0. The quantitative estimate of drug-likeness (QED) is 0.673. The summed E-state index contributed by atoms with van der Waals surface area (Å²) in [4.78, 5) is 12.8. The number of nitrogens with two attached hydrogens (primary N) is 1. The number of unbranched alkanes of at least 4 members (excludes halogenated alkanes) is 2. The highest BCUT2D eigenvalue weighted by Crippen LogP contribution is 2.13. The molecule has 2 amide bonds. The SMILES string of the molecule is CCCCCN(C(N)=O)C(C)(C)C. The Morgan fingerprint density at radius 3 is 2.15 bits per heavy atom. The minimum atomic E-state index is -0.316. The zero-order valence-electron chi connectivity index (χ0n) is 9.26. The highest BCUT2D eigenvalue weighted by atomic mass is 16.2. The molecule has 0 radical (unpaired) electrons. The van der Waals surface area contributed by atoms with Gasteiger partial charge in [0.25, 0.3) is 0 Å². The number of urea groups is 1. The fraction of sp³-hybridized carbons (Fsp3) is 0.900. The van der Waals surface area contributed by atoms with Gasteiger partial charge < -0.3 is 10.6 Å². The second-order valence-corrected chi connectivity index (χ2v) is 4.37. The minimum absolute atomic E-state index is 0.153. The van der Waals surface area contributed by atoms with Crippen LogP contribution in [0.4, 0.5) is 4.79 Å². The Morgan fingerprint density at radius 1 is 1.31 bits per heavy atom. The molecule has 13 heavy (non-hydrogen) atoms. The molecule has 3 heteroatoms. The summed E-state index contributed by atoms with van der Waals surface area (Å²) in [6.07, 6.45) is 3.35. The van der Waals surface area contributed by atoms with Gasteiger partial charge in [-0.3, -0.25) is 0 Å². The van der Waals surface area contributed by atoms with Gasteiger partial charge in [-0.15, -0.1) is 0 Å². The molecule has 0 rings (SSSR count). The van der Waals surface area contributed by atoms with Crippen LogP contribution in [0.15, 0.2) is 0 Å². The molecule has 0 aromatic carbocycles. The topological polar surface area (TPSA) is 46.3 Å². The Bertz CT molecular complexity index is 161. The van der Waals surface area contributed by atoms with Crippen molar-refractivity contribution in [2.75, 3.05) is 6.54 Å². The van der Waals surface area contributed by atoms with Crippen molar-refractivity contribution in [3.8, 4) is 0 Å². The number of amides is 2. The normalized spacial score (nSPS) is 11.4. The van der Waals surface area contributed by atoms with E-state index in [-0.39, 0.29) is 11.6 Å². The highest BCUT2D eigenvalue weighted by Gasteiger charge is 2.23. The number of hydrogen-bond acceptors (Lipinski definition) is 1. The first kappa shape index (κ1) is 12.3. The van der Waals surface area contributed by atoms with E-state index in [4.69, 9.17) is 5.73 Å². The number of nitrogens with zero attached hydrogens (tertiary/aromatic N) is 1. The first-order chi connectivity index (χ1) is 5.89. The zero-order chi connectivity index (χ0) is 10.5. The molecule has 0 fully saturated rings. The Balaban J connectivity index is 4.04. The Hall–Kier alpha value is -0.730. The van der Waals surface area contributed by atoms with E-state index in [1.54, 1.807) is 4.90 Å². The molecule has 78 valence electrons. The van der Waals surface area contributed by atoms with Crippen molar-refractivity contribution in [3.05, 3.63) is 0 Å². The Morgan fingerprint density at radius 2 is 1.85 bits per heavy atom. The van der Waals surface area contributed by atoms with Gasteiger partial charge in [-0.25, -0.2) is 4.79 Å². The number of hydrogen-bond donors (Lipinski definition) is 1. The lowest BCUT2D eigenvalue weighted by molar-refractivity contribution is 0.151. The van der Waals surface area contributed by atoms with Gasteiger partial charge in [-0.1, -0.05) is 19.8 Å². The average molecular weight is 186 g/mol. The van der Waals surface area contributed by atoms with Crippen LogP contribution in [0.1, 0.15) is 47.0 Å². The molecule has 0 aliphatic rings. The molecule has 0 heterocycles. The van der Waals surface area contributed by atoms with Crippen LogP contribution >= 0.6 is 0 Å². The van der Waals surface area contributed by atoms with Gasteiger partial charge in [-0.05, 0) is 27.2 Å². The lowest BCUT2D eigenvalue weighted by Gasteiger charge is -2.34. The molecule has 0 aliphatic heterocycles. The van der Waals surface area contributed by atoms with Gasteiger partial charge in [0.2, 0.25) is 0 Å². The molecular formula is C10H22N2O. The van der Waals surface area contributed by atoms with Crippen LogP contribution in [0.2, 0.25) is 0 Å². The van der Waals surface area contributed by atoms with Gasteiger partial charge in [0, 0.05) is 12.1 Å². The van der Waals surface area contributed by atoms with E-state index in [1.807, 2.05) is 20.8 Å². The van der Waals surface area contributed by atoms with Crippen LogP contribution in [0.5, 0.6) is 0 Å². The fourth-order valence-electron chi connectivity index (χ4n) is 1.30. The van der Waals surface area contributed by atoms with Crippen molar-refractivity contribution in [1.29, 1.82) is 0 Å². The van der Waals surface area contributed by atoms with Crippen molar-refractivity contribution in [2.45, 2.75) is 52.5 Å². The summed E-state index contributed by atoms with van der Waals surface area (Å²) >= 11 is 0. The maximum Gasteiger partial charge on any atom is 0.315 e. The van der Waals surface area contributed by atoms with Crippen molar-refractivity contribution in [3.63, 3.8) is 0 Å². The summed E-state index contributed by atoms with van der Waals surface area (Å²) in [5.74, 6) is 0. The van der Waals surface area contributed by atoms with Gasteiger partial charge in [0.1, 0.15) is 0 Å². The molecule has 0 unspecified atom stereocenters. The molecule has 3 nitrogen and oxygen atoms in total. The average Bonchev–Trinajstić information content (AvgIpc) is 1.94. The summed E-state index contributed by atoms with van der Waals surface area (Å²) in [5.41, 5.74) is 5.14. The largest absolute Gasteiger partial charge is 0.351 e. The minimum Gasteiger partial charge on any atom is -0.351 e. The van der Waals surface area contributed by atoms with Crippen molar-refractivity contribution < 1.29 is 4.79 Å². The van der Waals surface area contributed by atoms with Crippen molar-refractivity contribution in [2.24, 2.45) is 5.73 Å². The van der Waals surface area contributed by atoms with E-state index in [1.165, 1.54) is 0 Å². The van der Waals surface area contributed by atoms with E-state index in [0.717, 1.165) is 25.8 Å². The van der Waals surface area contributed by atoms with Gasteiger partial charge in [0.05, 0.1) is 0 Å². The maximum absolute atomic E-state index is 11.1. The molecule has 0 aromatic heterocycles. The summed E-state index contributed by atoms with van der Waals surface area (Å²) in [5, 5.41) is 0. The van der Waals surface area contributed by atoms with Crippen LogP contribution < -0.4 is 5.73 Å². The zero-order valence-corrected chi connectivity index (χ0v) is 9.26. The van der Waals surface area contributed by atoms with E-state index < -0.39 is 0 Å². The lowest BCUT2D eigenvalue weighted by Crippen LogP contribution is -2.48.